The molecule has 2 rings (SSSR count). The molecule has 0 amide bonds. The van der Waals surface area contributed by atoms with E-state index in [1.165, 1.54) is 11.2 Å². The maximum atomic E-state index is 13.0. The van der Waals surface area contributed by atoms with Crippen LogP contribution < -0.4 is 9.80 Å². The molecule has 0 unspecified atom stereocenters. The van der Waals surface area contributed by atoms with E-state index in [1.807, 2.05) is 6.92 Å². The fraction of sp³-hybridized carbons (Fsp3) is 0.429. The summed E-state index contributed by atoms with van der Waals surface area (Å²) in [5.41, 5.74) is -0.110. The second-order valence-electron chi connectivity index (χ2n) is 4.95. The van der Waals surface area contributed by atoms with Crippen LogP contribution >= 0.6 is 0 Å². The number of halogens is 3. The van der Waals surface area contributed by atoms with Gasteiger partial charge >= 0.3 is 6.18 Å². The fourth-order valence-corrected chi connectivity index (χ4v) is 1.86. The van der Waals surface area contributed by atoms with E-state index in [9.17, 15) is 13.2 Å². The Morgan fingerprint density at radius 3 is 2.45 bits per heavy atom. The van der Waals surface area contributed by atoms with Gasteiger partial charge in [0.15, 0.2) is 5.69 Å². The predicted octanol–water partition coefficient (Wildman–Crippen LogP) is 3.18. The SMILES string of the molecule is CCN(Cc1ccoc1)c1nc(N(C)C)cc(C(F)(F)F)n1. The minimum Gasteiger partial charge on any atom is -0.472 e. The summed E-state index contributed by atoms with van der Waals surface area (Å²) in [6.45, 7) is 2.68. The van der Waals surface area contributed by atoms with Crippen LogP contribution in [-0.2, 0) is 12.7 Å². The number of alkyl halides is 3. The van der Waals surface area contributed by atoms with Crippen molar-refractivity contribution in [1.29, 1.82) is 0 Å². The van der Waals surface area contributed by atoms with Crippen molar-refractivity contribution in [2.75, 3.05) is 30.4 Å². The summed E-state index contributed by atoms with van der Waals surface area (Å²) in [4.78, 5) is 11.1. The summed E-state index contributed by atoms with van der Waals surface area (Å²) >= 11 is 0. The Hall–Kier alpha value is -2.25. The highest BCUT2D eigenvalue weighted by atomic mass is 19.4. The monoisotopic (exact) mass is 314 g/mol. The van der Waals surface area contributed by atoms with Crippen LogP contribution in [0.4, 0.5) is 24.9 Å². The van der Waals surface area contributed by atoms with E-state index in [1.54, 1.807) is 31.3 Å². The van der Waals surface area contributed by atoms with Gasteiger partial charge in [-0.25, -0.2) is 4.98 Å². The predicted molar refractivity (Wildman–Crippen MR) is 76.8 cm³/mol. The molecule has 5 nitrogen and oxygen atoms in total. The van der Waals surface area contributed by atoms with Crippen LogP contribution in [0.15, 0.2) is 29.1 Å². The van der Waals surface area contributed by atoms with E-state index in [2.05, 4.69) is 9.97 Å². The van der Waals surface area contributed by atoms with Crippen molar-refractivity contribution in [3.05, 3.63) is 35.9 Å². The number of rotatable bonds is 5. The van der Waals surface area contributed by atoms with Gasteiger partial charge in [0.25, 0.3) is 0 Å². The summed E-state index contributed by atoms with van der Waals surface area (Å²) in [5.74, 6) is 0.255. The van der Waals surface area contributed by atoms with Gasteiger partial charge in [0.1, 0.15) is 5.82 Å². The average Bonchev–Trinajstić information content (AvgIpc) is 2.96. The summed E-state index contributed by atoms with van der Waals surface area (Å²) in [7, 11) is 3.28. The summed E-state index contributed by atoms with van der Waals surface area (Å²) in [6.07, 6.45) is -1.46. The molecule has 0 aliphatic rings. The Balaban J connectivity index is 2.40. The van der Waals surface area contributed by atoms with Gasteiger partial charge in [0.05, 0.1) is 12.5 Å². The molecule has 0 radical (unpaired) electrons. The van der Waals surface area contributed by atoms with E-state index in [0.29, 0.717) is 13.1 Å². The lowest BCUT2D eigenvalue weighted by atomic mass is 10.3. The van der Waals surface area contributed by atoms with Crippen molar-refractivity contribution in [3.63, 3.8) is 0 Å². The number of nitrogens with zero attached hydrogens (tertiary/aromatic N) is 4. The van der Waals surface area contributed by atoms with Crippen LogP contribution in [0, 0.1) is 0 Å². The Labute approximate surface area is 126 Å². The van der Waals surface area contributed by atoms with E-state index < -0.39 is 11.9 Å². The third kappa shape index (κ3) is 3.69. The normalized spacial score (nSPS) is 11.5. The first-order valence-electron chi connectivity index (χ1n) is 6.71. The number of hydrogen-bond donors (Lipinski definition) is 0. The van der Waals surface area contributed by atoms with Gasteiger partial charge < -0.3 is 14.2 Å². The van der Waals surface area contributed by atoms with Gasteiger partial charge in [-0.1, -0.05) is 0 Å². The van der Waals surface area contributed by atoms with Gasteiger partial charge in [-0.2, -0.15) is 18.2 Å². The smallest absolute Gasteiger partial charge is 0.433 e. The van der Waals surface area contributed by atoms with E-state index in [0.717, 1.165) is 11.6 Å². The number of aromatic nitrogens is 2. The molecule has 2 aromatic heterocycles. The molecule has 0 atom stereocenters. The zero-order valence-corrected chi connectivity index (χ0v) is 12.6. The molecular weight excluding hydrogens is 297 g/mol. The molecule has 0 aliphatic carbocycles. The summed E-state index contributed by atoms with van der Waals surface area (Å²) in [5, 5.41) is 0. The van der Waals surface area contributed by atoms with Crippen molar-refractivity contribution in [1.82, 2.24) is 9.97 Å². The lowest BCUT2D eigenvalue weighted by molar-refractivity contribution is -0.141. The Morgan fingerprint density at radius 2 is 1.95 bits per heavy atom. The fourth-order valence-electron chi connectivity index (χ4n) is 1.86. The lowest BCUT2D eigenvalue weighted by Crippen LogP contribution is -2.26. The first-order valence-corrected chi connectivity index (χ1v) is 6.71. The standard InChI is InChI=1S/C14H17F3N4O/c1-4-21(8-10-5-6-22-9-10)13-18-11(14(15,16)17)7-12(19-13)20(2)3/h5-7,9H,4,8H2,1-3H3. The van der Waals surface area contributed by atoms with Crippen LogP contribution in [0.2, 0.25) is 0 Å². The first-order chi connectivity index (χ1) is 10.3. The maximum absolute atomic E-state index is 13.0. The van der Waals surface area contributed by atoms with Crippen LogP contribution in [0.1, 0.15) is 18.2 Å². The van der Waals surface area contributed by atoms with Crippen molar-refractivity contribution >= 4 is 11.8 Å². The molecule has 0 fully saturated rings. The highest BCUT2D eigenvalue weighted by Crippen LogP contribution is 2.31. The lowest BCUT2D eigenvalue weighted by Gasteiger charge is -2.23. The molecule has 0 spiro atoms. The van der Waals surface area contributed by atoms with Crippen molar-refractivity contribution in [2.45, 2.75) is 19.6 Å². The molecule has 0 saturated carbocycles. The van der Waals surface area contributed by atoms with Gasteiger partial charge in [-0.15, -0.1) is 0 Å². The zero-order valence-electron chi connectivity index (χ0n) is 12.6. The molecule has 0 saturated heterocycles. The van der Waals surface area contributed by atoms with Crippen LogP contribution in [0.5, 0.6) is 0 Å². The minimum absolute atomic E-state index is 0.0437. The molecule has 0 aliphatic heterocycles. The quantitative estimate of drug-likeness (QED) is 0.848. The number of anilines is 2. The van der Waals surface area contributed by atoms with Crippen molar-refractivity contribution in [3.8, 4) is 0 Å². The van der Waals surface area contributed by atoms with E-state index >= 15 is 0 Å². The third-order valence-electron chi connectivity index (χ3n) is 3.07. The van der Waals surface area contributed by atoms with Crippen molar-refractivity contribution < 1.29 is 17.6 Å². The first kappa shape index (κ1) is 16.1. The van der Waals surface area contributed by atoms with Crippen LogP contribution in [0.25, 0.3) is 0 Å². The molecule has 0 aromatic carbocycles. The van der Waals surface area contributed by atoms with Gasteiger partial charge in [0, 0.05) is 38.8 Å². The Morgan fingerprint density at radius 1 is 1.23 bits per heavy atom. The zero-order chi connectivity index (χ0) is 16.3. The topological polar surface area (TPSA) is 45.4 Å². The Bertz CT molecular complexity index is 611. The van der Waals surface area contributed by atoms with Crippen molar-refractivity contribution in [2.24, 2.45) is 0 Å². The van der Waals surface area contributed by atoms with E-state index in [4.69, 9.17) is 4.42 Å². The molecule has 120 valence electrons. The molecule has 8 heteroatoms. The van der Waals surface area contributed by atoms with E-state index in [-0.39, 0.29) is 11.8 Å². The second-order valence-corrected chi connectivity index (χ2v) is 4.95. The molecule has 0 bridgehead atoms. The molecular formula is C14H17F3N4O. The summed E-state index contributed by atoms with van der Waals surface area (Å²) in [6, 6.07) is 2.69. The minimum atomic E-state index is -4.52. The van der Waals surface area contributed by atoms with Crippen LogP contribution in [-0.4, -0.2) is 30.6 Å². The van der Waals surface area contributed by atoms with Gasteiger partial charge in [-0.05, 0) is 13.0 Å². The average molecular weight is 314 g/mol. The molecule has 0 N–H and O–H groups in total. The molecule has 2 heterocycles. The summed E-state index contributed by atoms with van der Waals surface area (Å²) < 4.78 is 44.0. The molecule has 22 heavy (non-hydrogen) atoms. The van der Waals surface area contributed by atoms with Gasteiger partial charge in [0.2, 0.25) is 5.95 Å². The maximum Gasteiger partial charge on any atom is 0.433 e. The van der Waals surface area contributed by atoms with Gasteiger partial charge in [-0.3, -0.25) is 0 Å². The Kier molecular flexibility index (Phi) is 4.58. The highest BCUT2D eigenvalue weighted by molar-refractivity contribution is 5.45. The highest BCUT2D eigenvalue weighted by Gasteiger charge is 2.34. The molecule has 2 aromatic rings. The third-order valence-corrected chi connectivity index (χ3v) is 3.07. The number of hydrogen-bond acceptors (Lipinski definition) is 5. The largest absolute Gasteiger partial charge is 0.472 e. The number of furan rings is 1. The second kappa shape index (κ2) is 6.25. The van der Waals surface area contributed by atoms with Crippen LogP contribution in [0.3, 0.4) is 0 Å².